The lowest BCUT2D eigenvalue weighted by Gasteiger charge is -2.15. The Balaban J connectivity index is 1.45. The molecule has 1 amide bonds. The number of rotatable bonds is 5. The van der Waals surface area contributed by atoms with Crippen molar-refractivity contribution in [3.8, 4) is 0 Å². The van der Waals surface area contributed by atoms with Gasteiger partial charge in [0.2, 0.25) is 5.89 Å². The lowest BCUT2D eigenvalue weighted by atomic mass is 9.99. The molecule has 2 atom stereocenters. The summed E-state index contributed by atoms with van der Waals surface area (Å²) in [6.07, 6.45) is 7.61. The fourth-order valence-electron chi connectivity index (χ4n) is 3.33. The van der Waals surface area contributed by atoms with Crippen LogP contribution in [0.2, 0.25) is 0 Å². The summed E-state index contributed by atoms with van der Waals surface area (Å²) in [4.78, 5) is 16.1. The van der Waals surface area contributed by atoms with E-state index in [9.17, 15) is 4.79 Å². The van der Waals surface area contributed by atoms with Crippen molar-refractivity contribution in [3.63, 3.8) is 0 Å². The number of nitrogens with one attached hydrogen (secondary N) is 1. The molecule has 0 bridgehead atoms. The van der Waals surface area contributed by atoms with E-state index in [1.807, 2.05) is 24.3 Å². The largest absolute Gasteiger partial charge is 0.365 e. The molecule has 0 saturated carbocycles. The summed E-state index contributed by atoms with van der Waals surface area (Å²) in [6, 6.07) is 3.73. The first-order valence-electron chi connectivity index (χ1n) is 8.48. The first kappa shape index (κ1) is 15.8. The van der Waals surface area contributed by atoms with Gasteiger partial charge in [-0.3, -0.25) is 4.79 Å². The molecule has 3 N–H and O–H groups in total. The van der Waals surface area contributed by atoms with Gasteiger partial charge in [0.25, 0.3) is 5.91 Å². The van der Waals surface area contributed by atoms with Crippen molar-refractivity contribution >= 4 is 17.1 Å². The number of amides is 1. The summed E-state index contributed by atoms with van der Waals surface area (Å²) in [5, 5.41) is 11.3. The minimum Gasteiger partial charge on any atom is -0.365 e. The van der Waals surface area contributed by atoms with E-state index in [1.165, 1.54) is 6.20 Å². The molecule has 1 fully saturated rings. The minimum atomic E-state index is -0.540. The van der Waals surface area contributed by atoms with Crippen molar-refractivity contribution < 1.29 is 14.1 Å². The third-order valence-electron chi connectivity index (χ3n) is 4.67. The van der Waals surface area contributed by atoms with Crippen LogP contribution in [0.5, 0.6) is 0 Å². The number of carbonyl (C=O) groups excluding carboxylic acids is 1. The lowest BCUT2D eigenvalue weighted by molar-refractivity contribution is 0.100. The maximum absolute atomic E-state index is 11.8. The second-order valence-corrected chi connectivity index (χ2v) is 6.51. The highest BCUT2D eigenvalue weighted by Crippen LogP contribution is 2.40. The number of ether oxygens (including phenoxy) is 1. The van der Waals surface area contributed by atoms with Gasteiger partial charge >= 0.3 is 0 Å². The van der Waals surface area contributed by atoms with Crippen LogP contribution < -0.4 is 11.1 Å². The van der Waals surface area contributed by atoms with E-state index in [1.54, 1.807) is 17.6 Å². The highest BCUT2D eigenvalue weighted by atomic mass is 16.6. The van der Waals surface area contributed by atoms with Gasteiger partial charge in [0.1, 0.15) is 12.2 Å². The zero-order valence-electron chi connectivity index (χ0n) is 14.4. The highest BCUT2D eigenvalue weighted by molar-refractivity contribution is 6.02. The molecule has 1 saturated heterocycles. The second-order valence-electron chi connectivity index (χ2n) is 6.51. The lowest BCUT2D eigenvalue weighted by Crippen LogP contribution is -2.19. The summed E-state index contributed by atoms with van der Waals surface area (Å²) in [5.41, 5.74) is 9.17. The SMILES string of the molecule is Cc1noc(CC2=CC=C(Nc3c(C(N)=O)cnn4cccc34)C3OC23)n1. The van der Waals surface area contributed by atoms with Gasteiger partial charge < -0.3 is 20.3 Å². The standard InChI is InChI=1S/C18H16N6O3/c1-9-21-14(27-23-9)7-10-4-5-12(17-16(10)26-17)22-15-11(18(19)25)8-20-24-6-2-3-13(15)24/h2-6,8,16-17,22H,7H2,1H3,(H2,19,25). The van der Waals surface area contributed by atoms with E-state index in [0.29, 0.717) is 29.4 Å². The Kier molecular flexibility index (Phi) is 3.37. The summed E-state index contributed by atoms with van der Waals surface area (Å²) >= 11 is 0. The average molecular weight is 364 g/mol. The van der Waals surface area contributed by atoms with Crippen molar-refractivity contribution in [2.24, 2.45) is 5.73 Å². The zero-order valence-corrected chi connectivity index (χ0v) is 14.4. The number of hydrogen-bond acceptors (Lipinski definition) is 7. The fourth-order valence-corrected chi connectivity index (χ4v) is 3.33. The maximum Gasteiger partial charge on any atom is 0.252 e. The predicted molar refractivity (Wildman–Crippen MR) is 94.9 cm³/mol. The number of allylic oxidation sites excluding steroid dienone is 2. The van der Waals surface area contributed by atoms with Crippen LogP contribution in [0.4, 0.5) is 5.69 Å². The Morgan fingerprint density at radius 3 is 3.04 bits per heavy atom. The van der Waals surface area contributed by atoms with Gasteiger partial charge in [-0.15, -0.1) is 0 Å². The van der Waals surface area contributed by atoms with Crippen molar-refractivity contribution in [2.45, 2.75) is 25.6 Å². The second kappa shape index (κ2) is 5.78. The van der Waals surface area contributed by atoms with Crippen LogP contribution in [0.3, 0.4) is 0 Å². The van der Waals surface area contributed by atoms with E-state index < -0.39 is 5.91 Å². The Labute approximate surface area is 153 Å². The normalized spacial score (nSPS) is 20.8. The van der Waals surface area contributed by atoms with Crippen molar-refractivity contribution in [2.75, 3.05) is 5.32 Å². The Morgan fingerprint density at radius 2 is 2.26 bits per heavy atom. The van der Waals surface area contributed by atoms with E-state index in [-0.39, 0.29) is 12.2 Å². The molecular weight excluding hydrogens is 348 g/mol. The molecule has 9 heteroatoms. The van der Waals surface area contributed by atoms with Gasteiger partial charge in [0.15, 0.2) is 5.82 Å². The Hall–Kier alpha value is -3.46. The van der Waals surface area contributed by atoms with Crippen LogP contribution in [-0.2, 0) is 11.2 Å². The van der Waals surface area contributed by atoms with Crippen molar-refractivity contribution in [1.82, 2.24) is 19.8 Å². The molecule has 0 radical (unpaired) electrons. The molecule has 1 aliphatic carbocycles. The molecule has 2 aliphatic rings. The maximum atomic E-state index is 11.8. The smallest absolute Gasteiger partial charge is 0.252 e. The van der Waals surface area contributed by atoms with Crippen molar-refractivity contribution in [3.05, 3.63) is 65.2 Å². The zero-order chi connectivity index (χ0) is 18.5. The molecule has 3 aromatic heterocycles. The van der Waals surface area contributed by atoms with Gasteiger partial charge in [0.05, 0.1) is 29.4 Å². The van der Waals surface area contributed by atoms with E-state index in [4.69, 9.17) is 15.0 Å². The summed E-state index contributed by atoms with van der Waals surface area (Å²) in [6.45, 7) is 1.79. The molecule has 9 nitrogen and oxygen atoms in total. The van der Waals surface area contributed by atoms with Gasteiger partial charge in [-0.2, -0.15) is 10.1 Å². The number of fused-ring (bicyclic) bond motifs is 2. The van der Waals surface area contributed by atoms with Gasteiger partial charge in [-0.1, -0.05) is 11.2 Å². The third kappa shape index (κ3) is 2.68. The summed E-state index contributed by atoms with van der Waals surface area (Å²) < 4.78 is 12.7. The summed E-state index contributed by atoms with van der Waals surface area (Å²) in [5.74, 6) is 0.639. The van der Waals surface area contributed by atoms with E-state index >= 15 is 0 Å². The van der Waals surface area contributed by atoms with Gasteiger partial charge in [-0.25, -0.2) is 4.52 Å². The van der Waals surface area contributed by atoms with Crippen LogP contribution in [0.1, 0.15) is 22.1 Å². The predicted octanol–water partition coefficient (Wildman–Crippen LogP) is 1.37. The quantitative estimate of drug-likeness (QED) is 0.655. The number of nitrogens with two attached hydrogens (primary N) is 1. The molecule has 0 spiro atoms. The molecule has 5 rings (SSSR count). The third-order valence-corrected chi connectivity index (χ3v) is 4.67. The van der Waals surface area contributed by atoms with Crippen LogP contribution in [0.15, 0.2) is 52.5 Å². The molecule has 27 heavy (non-hydrogen) atoms. The molecular formula is C18H16N6O3. The number of epoxide rings is 1. The number of anilines is 1. The summed E-state index contributed by atoms with van der Waals surface area (Å²) in [7, 11) is 0. The van der Waals surface area contributed by atoms with Crippen molar-refractivity contribution in [1.29, 1.82) is 0 Å². The average Bonchev–Trinajstić information content (AvgIpc) is 3.12. The highest BCUT2D eigenvalue weighted by Gasteiger charge is 2.46. The van der Waals surface area contributed by atoms with Crippen LogP contribution in [0, 0.1) is 6.92 Å². The number of nitrogens with zero attached hydrogens (tertiary/aromatic N) is 4. The topological polar surface area (TPSA) is 124 Å². The molecule has 3 aromatic rings. The van der Waals surface area contributed by atoms with Crippen LogP contribution in [-0.4, -0.2) is 37.9 Å². The fraction of sp³-hybridized carbons (Fsp3) is 0.222. The number of hydrogen-bond donors (Lipinski definition) is 2. The van der Waals surface area contributed by atoms with E-state index in [0.717, 1.165) is 16.8 Å². The first-order valence-corrected chi connectivity index (χ1v) is 8.48. The molecule has 2 unspecified atom stereocenters. The number of aromatic nitrogens is 4. The van der Waals surface area contributed by atoms with Crippen LogP contribution >= 0.6 is 0 Å². The van der Waals surface area contributed by atoms with Crippen LogP contribution in [0.25, 0.3) is 5.52 Å². The number of aryl methyl sites for hydroxylation is 1. The van der Waals surface area contributed by atoms with Gasteiger partial charge in [0, 0.05) is 11.9 Å². The first-order chi connectivity index (χ1) is 13.1. The number of carbonyl (C=O) groups is 1. The van der Waals surface area contributed by atoms with Gasteiger partial charge in [-0.05, 0) is 30.7 Å². The number of primary amides is 1. The minimum absolute atomic E-state index is 0.0358. The molecule has 0 aromatic carbocycles. The Bertz CT molecular complexity index is 1130. The monoisotopic (exact) mass is 364 g/mol. The van der Waals surface area contributed by atoms with E-state index in [2.05, 4.69) is 20.6 Å². The Morgan fingerprint density at radius 1 is 1.37 bits per heavy atom. The molecule has 4 heterocycles. The molecule has 136 valence electrons. The molecule has 1 aliphatic heterocycles.